The van der Waals surface area contributed by atoms with Gasteiger partial charge >= 0.3 is 0 Å². The van der Waals surface area contributed by atoms with Crippen molar-refractivity contribution in [2.45, 2.75) is 13.5 Å². The van der Waals surface area contributed by atoms with Gasteiger partial charge in [-0.15, -0.1) is 0 Å². The monoisotopic (exact) mass is 309 g/mol. The van der Waals surface area contributed by atoms with Gasteiger partial charge < -0.3 is 24.4 Å². The van der Waals surface area contributed by atoms with Crippen LogP contribution in [-0.4, -0.2) is 74.3 Å². The Kier molecular flexibility index (Phi) is 8.62. The third kappa shape index (κ3) is 6.49. The molecule has 1 aromatic heterocycles. The van der Waals surface area contributed by atoms with Crippen molar-refractivity contribution >= 4 is 5.96 Å². The fourth-order valence-corrected chi connectivity index (χ4v) is 2.13. The normalized spacial score (nSPS) is 12.0. The van der Waals surface area contributed by atoms with Gasteiger partial charge in [-0.25, -0.2) is 0 Å². The zero-order chi connectivity index (χ0) is 16.4. The molecule has 0 atom stereocenters. The molecule has 0 spiro atoms. The van der Waals surface area contributed by atoms with E-state index in [0.717, 1.165) is 45.3 Å². The molecule has 0 saturated heterocycles. The average Bonchev–Trinajstić information content (AvgIpc) is 2.89. The van der Waals surface area contributed by atoms with Crippen molar-refractivity contribution in [1.29, 1.82) is 0 Å². The summed E-state index contributed by atoms with van der Waals surface area (Å²) < 4.78 is 7.22. The van der Waals surface area contributed by atoms with Gasteiger partial charge in [0.2, 0.25) is 0 Å². The van der Waals surface area contributed by atoms with E-state index in [4.69, 9.17) is 9.73 Å². The van der Waals surface area contributed by atoms with E-state index in [9.17, 15) is 0 Å². The van der Waals surface area contributed by atoms with Crippen molar-refractivity contribution in [2.24, 2.45) is 12.0 Å². The Bertz CT molecular complexity index is 443. The van der Waals surface area contributed by atoms with Crippen LogP contribution in [0, 0.1) is 0 Å². The molecular weight excluding hydrogens is 278 g/mol. The summed E-state index contributed by atoms with van der Waals surface area (Å²) in [6, 6.07) is 4.20. The van der Waals surface area contributed by atoms with Gasteiger partial charge in [0.05, 0.1) is 19.7 Å². The molecule has 0 radical (unpaired) electrons. The lowest BCUT2D eigenvalue weighted by atomic mass is 10.4. The van der Waals surface area contributed by atoms with E-state index in [-0.39, 0.29) is 0 Å². The summed E-state index contributed by atoms with van der Waals surface area (Å²) in [5.74, 6) is 0.948. The SMILES string of the molecule is CCNC(=NCCN(C)CCOC)N(C)Cc1cccn1C. The molecular formula is C16H31N5O. The molecule has 1 N–H and O–H groups in total. The van der Waals surface area contributed by atoms with Gasteiger partial charge in [0.15, 0.2) is 5.96 Å². The van der Waals surface area contributed by atoms with Crippen LogP contribution in [0.4, 0.5) is 0 Å². The Hall–Kier alpha value is -1.53. The maximum absolute atomic E-state index is 5.09. The molecule has 0 aromatic carbocycles. The lowest BCUT2D eigenvalue weighted by Gasteiger charge is -2.23. The second-order valence-electron chi connectivity index (χ2n) is 5.50. The summed E-state index contributed by atoms with van der Waals surface area (Å²) in [7, 11) is 7.96. The zero-order valence-electron chi connectivity index (χ0n) is 14.7. The number of hydrogen-bond acceptors (Lipinski definition) is 3. The number of rotatable bonds is 9. The van der Waals surface area contributed by atoms with Crippen LogP contribution in [0.25, 0.3) is 0 Å². The van der Waals surface area contributed by atoms with Crippen molar-refractivity contribution < 1.29 is 4.74 Å². The number of likely N-dealkylation sites (N-methyl/N-ethyl adjacent to an activating group) is 1. The molecule has 0 saturated carbocycles. The number of methoxy groups -OCH3 is 1. The van der Waals surface area contributed by atoms with Crippen molar-refractivity contribution in [3.63, 3.8) is 0 Å². The second kappa shape index (κ2) is 10.2. The third-order valence-electron chi connectivity index (χ3n) is 3.57. The molecule has 22 heavy (non-hydrogen) atoms. The molecule has 1 rings (SSSR count). The summed E-state index contributed by atoms with van der Waals surface area (Å²) in [5.41, 5.74) is 1.27. The van der Waals surface area contributed by atoms with Crippen LogP contribution in [0.3, 0.4) is 0 Å². The fraction of sp³-hybridized carbons (Fsp3) is 0.688. The highest BCUT2D eigenvalue weighted by Gasteiger charge is 2.08. The van der Waals surface area contributed by atoms with E-state index in [1.54, 1.807) is 7.11 Å². The summed E-state index contributed by atoms with van der Waals surface area (Å²) in [6.07, 6.45) is 2.07. The molecule has 0 aliphatic rings. The fourth-order valence-electron chi connectivity index (χ4n) is 2.13. The molecule has 0 aliphatic heterocycles. The lowest BCUT2D eigenvalue weighted by molar-refractivity contribution is 0.163. The molecule has 0 bridgehead atoms. The number of hydrogen-bond donors (Lipinski definition) is 1. The molecule has 0 aliphatic carbocycles. The Balaban J connectivity index is 2.52. The number of nitrogens with one attached hydrogen (secondary N) is 1. The van der Waals surface area contributed by atoms with Crippen LogP contribution in [0.15, 0.2) is 23.3 Å². The summed E-state index contributed by atoms with van der Waals surface area (Å²) in [6.45, 7) is 7.20. The molecule has 6 nitrogen and oxygen atoms in total. The van der Waals surface area contributed by atoms with Gasteiger partial charge in [-0.05, 0) is 26.1 Å². The van der Waals surface area contributed by atoms with Crippen LogP contribution in [0.2, 0.25) is 0 Å². The highest BCUT2D eigenvalue weighted by atomic mass is 16.5. The molecule has 1 aromatic rings. The number of aromatic nitrogens is 1. The predicted molar refractivity (Wildman–Crippen MR) is 92.2 cm³/mol. The van der Waals surface area contributed by atoms with Gasteiger partial charge in [0.1, 0.15) is 0 Å². The van der Waals surface area contributed by atoms with Gasteiger partial charge in [-0.1, -0.05) is 0 Å². The standard InChI is InChI=1S/C16H31N5O/c1-6-17-16(18-9-11-19(2)12-13-22-5)21(4)14-15-8-7-10-20(15)3/h7-8,10H,6,9,11-14H2,1-5H3,(H,17,18). The minimum Gasteiger partial charge on any atom is -0.383 e. The number of aryl methyl sites for hydroxylation is 1. The molecule has 0 unspecified atom stereocenters. The van der Waals surface area contributed by atoms with Crippen molar-refractivity contribution in [2.75, 3.05) is 54.0 Å². The van der Waals surface area contributed by atoms with E-state index in [1.807, 2.05) is 0 Å². The van der Waals surface area contributed by atoms with Gasteiger partial charge in [0, 0.05) is 52.7 Å². The molecule has 1 heterocycles. The number of guanidine groups is 1. The van der Waals surface area contributed by atoms with E-state index >= 15 is 0 Å². The molecule has 0 fully saturated rings. The Morgan fingerprint density at radius 2 is 2.14 bits per heavy atom. The smallest absolute Gasteiger partial charge is 0.194 e. The maximum atomic E-state index is 5.09. The first kappa shape index (κ1) is 18.5. The zero-order valence-corrected chi connectivity index (χ0v) is 14.7. The van der Waals surface area contributed by atoms with E-state index < -0.39 is 0 Å². The third-order valence-corrected chi connectivity index (χ3v) is 3.57. The predicted octanol–water partition coefficient (Wildman–Crippen LogP) is 1.00. The highest BCUT2D eigenvalue weighted by Crippen LogP contribution is 2.03. The van der Waals surface area contributed by atoms with Crippen LogP contribution < -0.4 is 5.32 Å². The van der Waals surface area contributed by atoms with E-state index in [0.29, 0.717) is 0 Å². The van der Waals surface area contributed by atoms with E-state index in [2.05, 4.69) is 66.1 Å². The number of nitrogens with zero attached hydrogens (tertiary/aromatic N) is 4. The molecule has 126 valence electrons. The maximum Gasteiger partial charge on any atom is 0.194 e. The van der Waals surface area contributed by atoms with Crippen molar-refractivity contribution in [3.05, 3.63) is 24.0 Å². The first-order valence-corrected chi connectivity index (χ1v) is 7.85. The largest absolute Gasteiger partial charge is 0.383 e. The van der Waals surface area contributed by atoms with Gasteiger partial charge in [-0.3, -0.25) is 4.99 Å². The summed E-state index contributed by atoms with van der Waals surface area (Å²) >= 11 is 0. The highest BCUT2D eigenvalue weighted by molar-refractivity contribution is 5.79. The van der Waals surface area contributed by atoms with Crippen molar-refractivity contribution in [1.82, 2.24) is 19.7 Å². The van der Waals surface area contributed by atoms with Crippen LogP contribution >= 0.6 is 0 Å². The lowest BCUT2D eigenvalue weighted by Crippen LogP contribution is -2.39. The average molecular weight is 309 g/mol. The summed E-state index contributed by atoms with van der Waals surface area (Å²) in [4.78, 5) is 9.10. The van der Waals surface area contributed by atoms with Gasteiger partial charge in [-0.2, -0.15) is 0 Å². The number of aliphatic imine (C=N–C) groups is 1. The molecule has 6 heteroatoms. The number of ether oxygens (including phenoxy) is 1. The van der Waals surface area contributed by atoms with Crippen LogP contribution in [-0.2, 0) is 18.3 Å². The minimum absolute atomic E-state index is 0.758. The molecule has 0 amide bonds. The Morgan fingerprint density at radius 1 is 1.36 bits per heavy atom. The first-order chi connectivity index (χ1) is 10.6. The summed E-state index contributed by atoms with van der Waals surface area (Å²) in [5, 5.41) is 3.35. The second-order valence-corrected chi connectivity index (χ2v) is 5.50. The topological polar surface area (TPSA) is 45.0 Å². The van der Waals surface area contributed by atoms with Crippen LogP contribution in [0.5, 0.6) is 0 Å². The van der Waals surface area contributed by atoms with Crippen LogP contribution in [0.1, 0.15) is 12.6 Å². The van der Waals surface area contributed by atoms with Crippen molar-refractivity contribution in [3.8, 4) is 0 Å². The first-order valence-electron chi connectivity index (χ1n) is 7.85. The van der Waals surface area contributed by atoms with E-state index in [1.165, 1.54) is 5.69 Å². The Labute approximate surface area is 134 Å². The minimum atomic E-state index is 0.758. The Morgan fingerprint density at radius 3 is 2.73 bits per heavy atom. The van der Waals surface area contributed by atoms with Gasteiger partial charge in [0.25, 0.3) is 0 Å². The quantitative estimate of drug-likeness (QED) is 0.546.